The van der Waals surface area contributed by atoms with E-state index in [0.717, 1.165) is 13.0 Å². The molecule has 0 aliphatic carbocycles. The van der Waals surface area contributed by atoms with Crippen LogP contribution in [0.4, 0.5) is 0 Å². The van der Waals surface area contributed by atoms with E-state index in [1.807, 2.05) is 16.9 Å². The van der Waals surface area contributed by atoms with Gasteiger partial charge in [-0.15, -0.1) is 0 Å². The molecule has 1 aliphatic rings. The lowest BCUT2D eigenvalue weighted by atomic mass is 10.2. The van der Waals surface area contributed by atoms with Crippen LogP contribution < -0.4 is 5.32 Å². The van der Waals surface area contributed by atoms with Crippen LogP contribution in [0.2, 0.25) is 0 Å². The number of nitrogens with one attached hydrogen (secondary N) is 1. The molecule has 1 aliphatic heterocycles. The van der Waals surface area contributed by atoms with Crippen molar-refractivity contribution in [2.24, 2.45) is 0 Å². The monoisotopic (exact) mass is 149 g/mol. The van der Waals surface area contributed by atoms with Crippen molar-refractivity contribution in [3.8, 4) is 0 Å². The number of nitrogens with zero attached hydrogens (tertiary/aromatic N) is 2. The highest BCUT2D eigenvalue weighted by atomic mass is 15.3. The van der Waals surface area contributed by atoms with Crippen molar-refractivity contribution in [3.63, 3.8) is 0 Å². The van der Waals surface area contributed by atoms with Crippen molar-refractivity contribution in [3.05, 3.63) is 30.6 Å². The van der Waals surface area contributed by atoms with Gasteiger partial charge in [0.1, 0.15) is 6.17 Å². The van der Waals surface area contributed by atoms with Gasteiger partial charge in [0, 0.05) is 25.4 Å². The molecule has 2 heterocycles. The fraction of sp³-hybridized carbons (Fsp3) is 0.375. The maximum atomic E-state index is 4.16. The van der Waals surface area contributed by atoms with E-state index in [2.05, 4.69) is 22.6 Å². The molecule has 1 unspecified atom stereocenters. The maximum Gasteiger partial charge on any atom is 0.105 e. The average molecular weight is 149 g/mol. The summed E-state index contributed by atoms with van der Waals surface area (Å²) in [6.07, 6.45) is 9.50. The zero-order valence-electron chi connectivity index (χ0n) is 6.27. The molecule has 1 N–H and O–H groups in total. The Morgan fingerprint density at radius 3 is 3.09 bits per heavy atom. The second-order valence-corrected chi connectivity index (χ2v) is 2.62. The summed E-state index contributed by atoms with van der Waals surface area (Å²) in [5, 5.41) is 7.50. The van der Waals surface area contributed by atoms with E-state index < -0.39 is 0 Å². The highest BCUT2D eigenvalue weighted by molar-refractivity contribution is 4.93. The van der Waals surface area contributed by atoms with Gasteiger partial charge < -0.3 is 0 Å². The summed E-state index contributed by atoms with van der Waals surface area (Å²) in [6, 6.07) is 1.94. The maximum absolute atomic E-state index is 4.16. The number of hydrogen-bond donors (Lipinski definition) is 1. The van der Waals surface area contributed by atoms with E-state index in [-0.39, 0.29) is 0 Å². The molecule has 0 amide bonds. The van der Waals surface area contributed by atoms with Gasteiger partial charge in [-0.25, -0.2) is 0 Å². The summed E-state index contributed by atoms with van der Waals surface area (Å²) in [5.41, 5.74) is 0. The smallest absolute Gasteiger partial charge is 0.105 e. The zero-order chi connectivity index (χ0) is 7.52. The second-order valence-electron chi connectivity index (χ2n) is 2.62. The van der Waals surface area contributed by atoms with Crippen LogP contribution in [0.25, 0.3) is 0 Å². The molecule has 0 aromatic carbocycles. The third kappa shape index (κ3) is 1.33. The van der Waals surface area contributed by atoms with Gasteiger partial charge in [0.05, 0.1) is 0 Å². The molecule has 0 bridgehead atoms. The molecular formula is C8H11N3. The standard InChI is InChI=1S/C8H11N3/c1-2-5-9-8(4-1)11-7-3-6-10-11/h1-3,6-9H,4-5H2. The number of hydrogen-bond acceptors (Lipinski definition) is 2. The Bertz CT molecular complexity index is 238. The Hall–Kier alpha value is -1.09. The minimum atomic E-state index is 0.356. The highest BCUT2D eigenvalue weighted by Gasteiger charge is 2.09. The van der Waals surface area contributed by atoms with Crippen molar-refractivity contribution in [1.29, 1.82) is 0 Å². The topological polar surface area (TPSA) is 29.9 Å². The molecule has 1 aromatic rings. The van der Waals surface area contributed by atoms with Crippen molar-refractivity contribution in [1.82, 2.24) is 15.1 Å². The fourth-order valence-electron chi connectivity index (χ4n) is 1.26. The summed E-state index contributed by atoms with van der Waals surface area (Å²) in [6.45, 7) is 0.949. The molecule has 2 rings (SSSR count). The predicted molar refractivity (Wildman–Crippen MR) is 43.0 cm³/mol. The lowest BCUT2D eigenvalue weighted by Gasteiger charge is -2.19. The minimum Gasteiger partial charge on any atom is -0.292 e. The van der Waals surface area contributed by atoms with Gasteiger partial charge in [0.15, 0.2) is 0 Å². The fourth-order valence-corrected chi connectivity index (χ4v) is 1.26. The SMILES string of the molecule is C1=CCC(n2cccn2)NC1. The normalized spacial score (nSPS) is 23.8. The molecule has 58 valence electrons. The van der Waals surface area contributed by atoms with Crippen molar-refractivity contribution >= 4 is 0 Å². The Morgan fingerprint density at radius 2 is 2.45 bits per heavy atom. The predicted octanol–water partition coefficient (Wildman–Crippen LogP) is 0.931. The van der Waals surface area contributed by atoms with Crippen LogP contribution in [0.15, 0.2) is 30.6 Å². The van der Waals surface area contributed by atoms with Gasteiger partial charge >= 0.3 is 0 Å². The van der Waals surface area contributed by atoms with Crippen LogP contribution in [0.5, 0.6) is 0 Å². The molecule has 1 atom stereocenters. The summed E-state index contributed by atoms with van der Waals surface area (Å²) < 4.78 is 1.95. The van der Waals surface area contributed by atoms with Gasteiger partial charge in [0.2, 0.25) is 0 Å². The second kappa shape index (κ2) is 2.88. The van der Waals surface area contributed by atoms with Crippen LogP contribution in [0.1, 0.15) is 12.6 Å². The van der Waals surface area contributed by atoms with Crippen LogP contribution in [0, 0.1) is 0 Å². The molecule has 1 aromatic heterocycles. The van der Waals surface area contributed by atoms with E-state index in [9.17, 15) is 0 Å². The van der Waals surface area contributed by atoms with Crippen LogP contribution in [-0.4, -0.2) is 16.3 Å². The van der Waals surface area contributed by atoms with Crippen LogP contribution in [0.3, 0.4) is 0 Å². The minimum absolute atomic E-state index is 0.356. The Kier molecular flexibility index (Phi) is 1.73. The van der Waals surface area contributed by atoms with E-state index in [1.165, 1.54) is 0 Å². The van der Waals surface area contributed by atoms with E-state index in [4.69, 9.17) is 0 Å². The van der Waals surface area contributed by atoms with Crippen molar-refractivity contribution in [2.45, 2.75) is 12.6 Å². The molecule has 0 saturated carbocycles. The first-order chi connectivity index (χ1) is 5.47. The third-order valence-electron chi connectivity index (χ3n) is 1.84. The first-order valence-electron chi connectivity index (χ1n) is 3.84. The summed E-state index contributed by atoms with van der Waals surface area (Å²) in [4.78, 5) is 0. The molecule has 3 nitrogen and oxygen atoms in total. The third-order valence-corrected chi connectivity index (χ3v) is 1.84. The molecular weight excluding hydrogens is 138 g/mol. The zero-order valence-corrected chi connectivity index (χ0v) is 6.27. The average Bonchev–Trinajstić information content (AvgIpc) is 2.58. The summed E-state index contributed by atoms with van der Waals surface area (Å²) >= 11 is 0. The Labute approximate surface area is 65.7 Å². The molecule has 11 heavy (non-hydrogen) atoms. The number of rotatable bonds is 1. The van der Waals surface area contributed by atoms with Crippen molar-refractivity contribution < 1.29 is 0 Å². The van der Waals surface area contributed by atoms with Crippen LogP contribution >= 0.6 is 0 Å². The molecule has 0 saturated heterocycles. The Balaban J connectivity index is 2.11. The Morgan fingerprint density at radius 1 is 1.45 bits per heavy atom. The van der Waals surface area contributed by atoms with E-state index in [1.54, 1.807) is 6.20 Å². The van der Waals surface area contributed by atoms with Crippen LogP contribution in [-0.2, 0) is 0 Å². The van der Waals surface area contributed by atoms with Gasteiger partial charge in [-0.05, 0) is 6.07 Å². The van der Waals surface area contributed by atoms with Gasteiger partial charge in [-0.3, -0.25) is 10.00 Å². The number of aromatic nitrogens is 2. The van der Waals surface area contributed by atoms with E-state index >= 15 is 0 Å². The van der Waals surface area contributed by atoms with Gasteiger partial charge in [-0.2, -0.15) is 5.10 Å². The highest BCUT2D eigenvalue weighted by Crippen LogP contribution is 2.09. The first-order valence-corrected chi connectivity index (χ1v) is 3.84. The largest absolute Gasteiger partial charge is 0.292 e. The lowest BCUT2D eigenvalue weighted by Crippen LogP contribution is -2.29. The van der Waals surface area contributed by atoms with Crippen molar-refractivity contribution in [2.75, 3.05) is 6.54 Å². The summed E-state index contributed by atoms with van der Waals surface area (Å²) in [5.74, 6) is 0. The van der Waals surface area contributed by atoms with Gasteiger partial charge in [0.25, 0.3) is 0 Å². The summed E-state index contributed by atoms with van der Waals surface area (Å²) in [7, 11) is 0. The molecule has 0 spiro atoms. The van der Waals surface area contributed by atoms with E-state index in [0.29, 0.717) is 6.17 Å². The lowest BCUT2D eigenvalue weighted by molar-refractivity contribution is 0.378. The molecule has 0 fully saturated rings. The quantitative estimate of drug-likeness (QED) is 0.602. The molecule has 0 radical (unpaired) electrons. The van der Waals surface area contributed by atoms with Gasteiger partial charge in [-0.1, -0.05) is 12.2 Å². The first kappa shape index (κ1) is 6.61. The molecule has 3 heteroatoms.